The molecule has 4 rings (SSSR count). The molecule has 8 nitrogen and oxygen atoms in total. The highest BCUT2D eigenvalue weighted by atomic mass is 16.5. The van der Waals surface area contributed by atoms with E-state index >= 15 is 0 Å². The summed E-state index contributed by atoms with van der Waals surface area (Å²) in [6, 6.07) is 10.8. The second-order valence-corrected chi connectivity index (χ2v) is 10.5. The van der Waals surface area contributed by atoms with Crippen molar-refractivity contribution in [2.45, 2.75) is 60.0 Å². The SMILES string of the molecule is CCCCn1c(=O)c(NC(=O)NC2=C(C(C)C)C=CNC2C(C)C)c(-c2cccc(OC)c2)c2cccnc21. The Morgan fingerprint density at radius 2 is 1.95 bits per heavy atom. The Balaban J connectivity index is 1.87. The number of amides is 2. The van der Waals surface area contributed by atoms with Crippen LogP contribution in [0.3, 0.4) is 0 Å². The molecule has 3 heterocycles. The van der Waals surface area contributed by atoms with Crippen molar-refractivity contribution in [3.05, 3.63) is 76.5 Å². The fourth-order valence-corrected chi connectivity index (χ4v) is 5.04. The van der Waals surface area contributed by atoms with E-state index in [1.165, 1.54) is 0 Å². The summed E-state index contributed by atoms with van der Waals surface area (Å²) in [5.74, 6) is 1.11. The Bertz CT molecular complexity index is 1470. The Hall–Kier alpha value is -4.07. The molecule has 1 unspecified atom stereocenters. The average molecular weight is 530 g/mol. The van der Waals surface area contributed by atoms with Crippen LogP contribution < -0.4 is 26.2 Å². The van der Waals surface area contributed by atoms with Gasteiger partial charge in [-0.25, -0.2) is 9.78 Å². The van der Waals surface area contributed by atoms with Crippen LogP contribution >= 0.6 is 0 Å². The number of methoxy groups -OCH3 is 1. The number of nitrogens with one attached hydrogen (secondary N) is 3. The first kappa shape index (κ1) is 28.0. The first-order valence-electron chi connectivity index (χ1n) is 13.7. The van der Waals surface area contributed by atoms with E-state index in [0.29, 0.717) is 23.5 Å². The third kappa shape index (κ3) is 5.85. The van der Waals surface area contributed by atoms with Gasteiger partial charge in [0.05, 0.1) is 13.2 Å². The zero-order chi connectivity index (χ0) is 28.1. The molecule has 206 valence electrons. The predicted octanol–water partition coefficient (Wildman–Crippen LogP) is 6.05. The van der Waals surface area contributed by atoms with Crippen molar-refractivity contribution in [1.82, 2.24) is 20.2 Å². The number of pyridine rings is 2. The summed E-state index contributed by atoms with van der Waals surface area (Å²) in [4.78, 5) is 32.2. The lowest BCUT2D eigenvalue weighted by molar-refractivity contribution is 0.252. The maximum atomic E-state index is 14.0. The fourth-order valence-electron chi connectivity index (χ4n) is 5.04. The van der Waals surface area contributed by atoms with Gasteiger partial charge in [0.25, 0.3) is 5.56 Å². The van der Waals surface area contributed by atoms with Crippen molar-refractivity contribution in [2.24, 2.45) is 11.8 Å². The maximum absolute atomic E-state index is 14.0. The lowest BCUT2D eigenvalue weighted by atomic mass is 9.90. The van der Waals surface area contributed by atoms with Crippen LogP contribution in [0.2, 0.25) is 0 Å². The van der Waals surface area contributed by atoms with Crippen molar-refractivity contribution in [1.29, 1.82) is 0 Å². The van der Waals surface area contributed by atoms with Gasteiger partial charge in [-0.05, 0) is 65.9 Å². The molecular weight excluding hydrogens is 490 g/mol. The number of allylic oxidation sites excluding steroid dienone is 2. The molecule has 0 radical (unpaired) electrons. The number of carbonyl (C=O) groups excluding carboxylic acids is 1. The molecule has 1 aliphatic heterocycles. The van der Waals surface area contributed by atoms with Crippen LogP contribution in [0.4, 0.5) is 10.5 Å². The monoisotopic (exact) mass is 529 g/mol. The highest BCUT2D eigenvalue weighted by Crippen LogP contribution is 2.35. The minimum Gasteiger partial charge on any atom is -0.497 e. The van der Waals surface area contributed by atoms with E-state index in [1.807, 2.05) is 48.7 Å². The van der Waals surface area contributed by atoms with Gasteiger partial charge in [-0.3, -0.25) is 9.36 Å². The fraction of sp³-hybridized carbons (Fsp3) is 0.387. The molecule has 2 aromatic heterocycles. The summed E-state index contributed by atoms with van der Waals surface area (Å²) in [6.45, 7) is 11.0. The second kappa shape index (κ2) is 12.2. The Morgan fingerprint density at radius 3 is 2.64 bits per heavy atom. The average Bonchev–Trinajstić information content (AvgIpc) is 2.93. The number of aromatic nitrogens is 2. The number of aryl methyl sites for hydroxylation is 1. The predicted molar refractivity (Wildman–Crippen MR) is 158 cm³/mol. The standard InChI is InChI=1S/C31H39N5O3/c1-7-8-17-36-29-24(13-10-15-33-29)25(21-11-9-12-22(18-21)39-6)28(30(36)37)35-31(38)34-27-23(19(2)3)14-16-32-26(27)20(4)5/h9-16,18-20,26,32H,7-8,17H2,1-6H3,(H2,34,35,38). The normalized spacial score (nSPS) is 15.1. The quantitative estimate of drug-likeness (QED) is 0.314. The number of hydrogen-bond acceptors (Lipinski definition) is 5. The van der Waals surface area contributed by atoms with Crippen molar-refractivity contribution in [3.63, 3.8) is 0 Å². The smallest absolute Gasteiger partial charge is 0.323 e. The highest BCUT2D eigenvalue weighted by molar-refractivity contribution is 6.04. The van der Waals surface area contributed by atoms with Crippen molar-refractivity contribution < 1.29 is 9.53 Å². The number of hydrogen-bond donors (Lipinski definition) is 3. The number of fused-ring (bicyclic) bond motifs is 1. The van der Waals surface area contributed by atoms with Crippen LogP contribution in [0.25, 0.3) is 22.2 Å². The minimum absolute atomic E-state index is 0.0574. The van der Waals surface area contributed by atoms with Crippen LogP contribution in [-0.2, 0) is 6.54 Å². The molecule has 3 N–H and O–H groups in total. The van der Waals surface area contributed by atoms with E-state index < -0.39 is 6.03 Å². The van der Waals surface area contributed by atoms with Gasteiger partial charge in [0, 0.05) is 29.4 Å². The molecular formula is C31H39N5O3. The molecule has 3 aromatic rings. The maximum Gasteiger partial charge on any atom is 0.323 e. The summed E-state index contributed by atoms with van der Waals surface area (Å²) in [5, 5.41) is 10.2. The molecule has 39 heavy (non-hydrogen) atoms. The first-order chi connectivity index (χ1) is 18.8. The van der Waals surface area contributed by atoms with Gasteiger partial charge in [-0.1, -0.05) is 53.2 Å². The third-order valence-electron chi connectivity index (χ3n) is 7.05. The molecule has 1 aliphatic rings. The molecule has 2 amide bonds. The lowest BCUT2D eigenvalue weighted by Crippen LogP contribution is -2.44. The van der Waals surface area contributed by atoms with Gasteiger partial charge in [-0.15, -0.1) is 0 Å². The molecule has 0 bridgehead atoms. The molecule has 0 fully saturated rings. The van der Waals surface area contributed by atoms with Gasteiger partial charge < -0.3 is 20.7 Å². The molecule has 0 aliphatic carbocycles. The van der Waals surface area contributed by atoms with E-state index in [1.54, 1.807) is 17.9 Å². The summed E-state index contributed by atoms with van der Waals surface area (Å²) < 4.78 is 7.13. The Kier molecular flexibility index (Phi) is 8.74. The molecule has 1 aromatic carbocycles. The molecule has 0 saturated heterocycles. The van der Waals surface area contributed by atoms with E-state index in [2.05, 4.69) is 55.6 Å². The van der Waals surface area contributed by atoms with Crippen molar-refractivity contribution in [3.8, 4) is 16.9 Å². The topological polar surface area (TPSA) is 97.3 Å². The van der Waals surface area contributed by atoms with Crippen LogP contribution in [0.15, 0.2) is 70.9 Å². The van der Waals surface area contributed by atoms with E-state index in [4.69, 9.17) is 4.74 Å². The number of unbranched alkanes of at least 4 members (excludes halogenated alkanes) is 1. The largest absolute Gasteiger partial charge is 0.497 e. The van der Waals surface area contributed by atoms with E-state index in [0.717, 1.165) is 35.1 Å². The number of benzene rings is 1. The van der Waals surface area contributed by atoms with E-state index in [-0.39, 0.29) is 29.1 Å². The summed E-state index contributed by atoms with van der Waals surface area (Å²) in [7, 11) is 1.60. The second-order valence-electron chi connectivity index (χ2n) is 10.5. The first-order valence-corrected chi connectivity index (χ1v) is 13.7. The van der Waals surface area contributed by atoms with Crippen molar-refractivity contribution >= 4 is 22.8 Å². The van der Waals surface area contributed by atoms with Crippen LogP contribution in [0, 0.1) is 11.8 Å². The van der Waals surface area contributed by atoms with Crippen molar-refractivity contribution in [2.75, 3.05) is 12.4 Å². The number of urea groups is 1. The highest BCUT2D eigenvalue weighted by Gasteiger charge is 2.27. The number of ether oxygens (including phenoxy) is 1. The van der Waals surface area contributed by atoms with Gasteiger partial charge in [0.15, 0.2) is 0 Å². The van der Waals surface area contributed by atoms with E-state index in [9.17, 15) is 9.59 Å². The number of anilines is 1. The van der Waals surface area contributed by atoms with Crippen LogP contribution in [-0.4, -0.2) is 28.7 Å². The summed E-state index contributed by atoms with van der Waals surface area (Å²) >= 11 is 0. The van der Waals surface area contributed by atoms with Crippen LogP contribution in [0.1, 0.15) is 47.5 Å². The van der Waals surface area contributed by atoms with Crippen LogP contribution in [0.5, 0.6) is 5.75 Å². The zero-order valence-corrected chi connectivity index (χ0v) is 23.7. The number of rotatable bonds is 9. The molecule has 1 atom stereocenters. The molecule has 0 spiro atoms. The Morgan fingerprint density at radius 1 is 1.15 bits per heavy atom. The summed E-state index contributed by atoms with van der Waals surface area (Å²) in [6.07, 6.45) is 7.36. The Labute approximate surface area is 230 Å². The number of carbonyl (C=O) groups is 1. The van der Waals surface area contributed by atoms with Gasteiger partial charge in [-0.2, -0.15) is 0 Å². The number of nitrogens with zero attached hydrogens (tertiary/aromatic N) is 2. The van der Waals surface area contributed by atoms with Gasteiger partial charge >= 0.3 is 6.03 Å². The summed E-state index contributed by atoms with van der Waals surface area (Å²) in [5.41, 5.74) is 3.76. The number of dihydropyridines is 1. The lowest BCUT2D eigenvalue weighted by Gasteiger charge is -2.31. The molecule has 8 heteroatoms. The van der Waals surface area contributed by atoms with Gasteiger partial charge in [0.1, 0.15) is 17.1 Å². The third-order valence-corrected chi connectivity index (χ3v) is 7.05. The van der Waals surface area contributed by atoms with Gasteiger partial charge in [0.2, 0.25) is 0 Å². The zero-order valence-electron chi connectivity index (χ0n) is 23.7. The molecule has 0 saturated carbocycles. The minimum atomic E-state index is -0.461.